The zero-order valence-electron chi connectivity index (χ0n) is 25.7. The van der Waals surface area contributed by atoms with E-state index < -0.39 is 42.0 Å². The normalized spacial score (nSPS) is 14.1. The first kappa shape index (κ1) is 33.5. The summed E-state index contributed by atoms with van der Waals surface area (Å²) in [6.07, 6.45) is -2.19. The van der Waals surface area contributed by atoms with Crippen LogP contribution in [0.3, 0.4) is 0 Å². The van der Waals surface area contributed by atoms with Crippen LogP contribution in [-0.2, 0) is 23.9 Å². The molecule has 2 N–H and O–H groups in total. The fourth-order valence-electron chi connectivity index (χ4n) is 4.83. The average Bonchev–Trinajstić information content (AvgIpc) is 3.50. The van der Waals surface area contributed by atoms with Crippen molar-refractivity contribution in [3.63, 3.8) is 0 Å². The second kappa shape index (κ2) is 16.1. The first-order chi connectivity index (χ1) is 22.2. The monoisotopic (exact) mass is 635 g/mol. The third kappa shape index (κ3) is 8.61. The minimum absolute atomic E-state index is 0.0572. The van der Waals surface area contributed by atoms with Crippen molar-refractivity contribution in [2.45, 2.75) is 38.8 Å². The van der Waals surface area contributed by atoms with Crippen molar-refractivity contribution >= 4 is 29.8 Å². The van der Waals surface area contributed by atoms with Gasteiger partial charge in [0, 0.05) is 44.2 Å². The van der Waals surface area contributed by atoms with Gasteiger partial charge in [-0.25, -0.2) is 14.3 Å². The molecule has 4 rings (SSSR count). The van der Waals surface area contributed by atoms with Gasteiger partial charge in [0.15, 0.2) is 5.69 Å². The van der Waals surface area contributed by atoms with Gasteiger partial charge in [-0.05, 0) is 32.4 Å². The van der Waals surface area contributed by atoms with Gasteiger partial charge in [-0.3, -0.25) is 14.4 Å². The number of benzene rings is 2. The van der Waals surface area contributed by atoms with E-state index in [0.29, 0.717) is 11.3 Å². The molecule has 0 bridgehead atoms. The Kier molecular flexibility index (Phi) is 11.7. The quantitative estimate of drug-likeness (QED) is 0.266. The lowest BCUT2D eigenvalue weighted by molar-refractivity contribution is -0.152. The van der Waals surface area contributed by atoms with Crippen LogP contribution in [0, 0.1) is 0 Å². The number of carbonyl (C=O) groups is 5. The maximum Gasteiger partial charge on any atom is 0.409 e. The highest BCUT2D eigenvalue weighted by atomic mass is 16.6. The van der Waals surface area contributed by atoms with Crippen molar-refractivity contribution in [2.24, 2.45) is 0 Å². The van der Waals surface area contributed by atoms with E-state index >= 15 is 0 Å². The van der Waals surface area contributed by atoms with E-state index in [0.717, 1.165) is 0 Å². The summed E-state index contributed by atoms with van der Waals surface area (Å²) in [5.74, 6) is -2.94. The molecule has 0 saturated carbocycles. The Hall–Kier alpha value is -5.40. The Bertz CT molecular complexity index is 1500. The van der Waals surface area contributed by atoms with Gasteiger partial charge < -0.3 is 34.4 Å². The highest BCUT2D eigenvalue weighted by Crippen LogP contribution is 2.27. The van der Waals surface area contributed by atoms with Crippen molar-refractivity contribution in [1.29, 1.82) is 0 Å². The predicted octanol–water partition coefficient (Wildman–Crippen LogP) is 2.82. The number of hydrogen-bond acceptors (Lipinski definition) is 9. The smallest absolute Gasteiger partial charge is 0.409 e. The Morgan fingerprint density at radius 3 is 2.09 bits per heavy atom. The fourth-order valence-corrected chi connectivity index (χ4v) is 4.83. The van der Waals surface area contributed by atoms with E-state index in [-0.39, 0.29) is 63.8 Å². The van der Waals surface area contributed by atoms with E-state index in [1.165, 1.54) is 20.5 Å². The molecule has 3 aromatic rings. The maximum absolute atomic E-state index is 13.6. The fraction of sp³-hybridized carbons (Fsp3) is 0.375. The largest absolute Gasteiger partial charge is 0.481 e. The number of aliphatic carboxylic acids is 1. The molecular weight excluding hydrogens is 598 g/mol. The number of nitrogens with one attached hydrogen (secondary N) is 1. The molecule has 2 aromatic carbocycles. The second-order valence-corrected chi connectivity index (χ2v) is 10.2. The minimum atomic E-state index is -1.18. The first-order valence-corrected chi connectivity index (χ1v) is 15.0. The highest BCUT2D eigenvalue weighted by molar-refractivity contribution is 5.96. The average molecular weight is 636 g/mol. The molecule has 1 aromatic heterocycles. The number of aromatic nitrogens is 2. The molecule has 46 heavy (non-hydrogen) atoms. The van der Waals surface area contributed by atoms with Crippen molar-refractivity contribution in [3.8, 4) is 11.6 Å². The van der Waals surface area contributed by atoms with Gasteiger partial charge in [-0.1, -0.05) is 48.5 Å². The summed E-state index contributed by atoms with van der Waals surface area (Å²) in [5, 5.41) is 16.4. The SMILES string of the molecule is CCOC(=O)C(Oc1cc(C(=O)NC(CCC(=O)O)C(=O)N2CCN(C(=O)OCC)CC2)nn1-c1ccccc1)c1ccccc1. The molecule has 1 aliphatic rings. The van der Waals surface area contributed by atoms with Gasteiger partial charge in [0.05, 0.1) is 18.9 Å². The third-order valence-corrected chi connectivity index (χ3v) is 7.12. The summed E-state index contributed by atoms with van der Waals surface area (Å²) in [6, 6.07) is 17.7. The summed E-state index contributed by atoms with van der Waals surface area (Å²) < 4.78 is 17.8. The molecule has 0 spiro atoms. The van der Waals surface area contributed by atoms with Crippen molar-refractivity contribution in [3.05, 3.63) is 78.0 Å². The van der Waals surface area contributed by atoms with Gasteiger partial charge >= 0.3 is 18.0 Å². The lowest BCUT2D eigenvalue weighted by Crippen LogP contribution is -2.56. The number of rotatable bonds is 13. The zero-order valence-corrected chi connectivity index (χ0v) is 25.7. The topological polar surface area (TPSA) is 170 Å². The lowest BCUT2D eigenvalue weighted by Gasteiger charge is -2.35. The number of nitrogens with zero attached hydrogens (tertiary/aromatic N) is 4. The highest BCUT2D eigenvalue weighted by Gasteiger charge is 2.32. The molecule has 1 saturated heterocycles. The van der Waals surface area contributed by atoms with Crippen molar-refractivity contribution in [2.75, 3.05) is 39.4 Å². The molecule has 2 heterocycles. The number of hydrogen-bond donors (Lipinski definition) is 2. The van der Waals surface area contributed by atoms with Crippen LogP contribution in [0.2, 0.25) is 0 Å². The second-order valence-electron chi connectivity index (χ2n) is 10.2. The first-order valence-electron chi connectivity index (χ1n) is 15.0. The van der Waals surface area contributed by atoms with Gasteiger partial charge in [0.1, 0.15) is 6.04 Å². The number of carboxylic acids is 1. The Labute approximate surface area is 265 Å². The number of piperazine rings is 1. The third-order valence-electron chi connectivity index (χ3n) is 7.12. The summed E-state index contributed by atoms with van der Waals surface area (Å²) in [6.45, 7) is 4.57. The summed E-state index contributed by atoms with van der Waals surface area (Å²) >= 11 is 0. The van der Waals surface area contributed by atoms with E-state index in [2.05, 4.69) is 10.4 Å². The molecule has 3 amide bonds. The lowest BCUT2D eigenvalue weighted by atomic mass is 10.1. The van der Waals surface area contributed by atoms with Crippen LogP contribution in [0.25, 0.3) is 5.69 Å². The van der Waals surface area contributed by atoms with Crippen LogP contribution in [0.4, 0.5) is 4.79 Å². The van der Waals surface area contributed by atoms with Crippen LogP contribution in [0.5, 0.6) is 5.88 Å². The molecule has 1 fully saturated rings. The van der Waals surface area contributed by atoms with Crippen molar-refractivity contribution in [1.82, 2.24) is 24.9 Å². The summed E-state index contributed by atoms with van der Waals surface area (Å²) in [7, 11) is 0. The van der Waals surface area contributed by atoms with Crippen LogP contribution < -0.4 is 10.1 Å². The molecule has 2 atom stereocenters. The van der Waals surface area contributed by atoms with Gasteiger partial charge in [-0.2, -0.15) is 5.10 Å². The number of carboxylic acid groups (broad SMARTS) is 1. The molecule has 2 unspecified atom stereocenters. The number of carbonyl (C=O) groups excluding carboxylic acids is 4. The van der Waals surface area contributed by atoms with Crippen molar-refractivity contribution < 1.29 is 43.3 Å². The molecule has 0 aliphatic carbocycles. The van der Waals surface area contributed by atoms with Gasteiger partial charge in [0.25, 0.3) is 5.91 Å². The Morgan fingerprint density at radius 1 is 0.870 bits per heavy atom. The van der Waals surface area contributed by atoms with Crippen LogP contribution in [-0.4, -0.2) is 100.0 Å². The molecule has 14 heteroatoms. The van der Waals surface area contributed by atoms with Gasteiger partial charge in [-0.15, -0.1) is 0 Å². The summed E-state index contributed by atoms with van der Waals surface area (Å²) in [4.78, 5) is 66.4. The van der Waals surface area contributed by atoms with Crippen LogP contribution in [0.15, 0.2) is 66.7 Å². The molecular formula is C32H37N5O9. The Morgan fingerprint density at radius 2 is 1.48 bits per heavy atom. The van der Waals surface area contributed by atoms with Crippen LogP contribution >= 0.6 is 0 Å². The molecule has 14 nitrogen and oxygen atoms in total. The maximum atomic E-state index is 13.6. The van der Waals surface area contributed by atoms with E-state index in [1.807, 2.05) is 0 Å². The van der Waals surface area contributed by atoms with Gasteiger partial charge in [0.2, 0.25) is 17.9 Å². The molecule has 244 valence electrons. The van der Waals surface area contributed by atoms with Crippen LogP contribution in [0.1, 0.15) is 48.8 Å². The standard InChI is InChI=1S/C32H37N5O9/c1-3-44-31(42)28(22-11-7-5-8-12-22)46-26-21-25(34-37(26)23-13-9-6-10-14-23)29(40)33-24(15-16-27(38)39)30(41)35-17-19-36(20-18-35)32(43)45-4-2/h5-14,21,24,28H,3-4,15-20H2,1-2H3,(H,33,40)(H,38,39). The molecule has 1 aliphatic heterocycles. The number of para-hydroxylation sites is 1. The number of ether oxygens (including phenoxy) is 3. The zero-order chi connectivity index (χ0) is 33.1. The van der Waals surface area contributed by atoms with E-state index in [1.54, 1.807) is 74.5 Å². The summed E-state index contributed by atoms with van der Waals surface area (Å²) in [5.41, 5.74) is 0.926. The van der Waals surface area contributed by atoms with E-state index in [4.69, 9.17) is 14.2 Å². The number of esters is 1. The molecule has 0 radical (unpaired) electrons. The van der Waals surface area contributed by atoms with E-state index in [9.17, 15) is 29.1 Å². The number of amides is 3. The Balaban J connectivity index is 1.59. The minimum Gasteiger partial charge on any atom is -0.481 e. The predicted molar refractivity (Wildman–Crippen MR) is 163 cm³/mol.